The highest BCUT2D eigenvalue weighted by Crippen LogP contribution is 2.30. The molecule has 0 aliphatic carbocycles. The summed E-state index contributed by atoms with van der Waals surface area (Å²) in [6.45, 7) is 5.32. The van der Waals surface area contributed by atoms with Gasteiger partial charge in [0, 0.05) is 12.6 Å². The normalized spacial score (nSPS) is 12.8. The molecule has 0 aromatic heterocycles. The van der Waals surface area contributed by atoms with Gasteiger partial charge in [0.05, 0.1) is 15.6 Å². The summed E-state index contributed by atoms with van der Waals surface area (Å²) in [5, 5.41) is 3.16. The highest BCUT2D eigenvalue weighted by Gasteiger charge is 2.34. The molecule has 0 fully saturated rings. The van der Waals surface area contributed by atoms with Crippen molar-refractivity contribution >= 4 is 39.1 Å². The Morgan fingerprint density at radius 3 is 2.03 bits per heavy atom. The zero-order chi connectivity index (χ0) is 27.7. The van der Waals surface area contributed by atoms with Crippen LogP contribution >= 0.6 is 11.6 Å². The maximum atomic E-state index is 14.0. The van der Waals surface area contributed by atoms with Gasteiger partial charge in [-0.25, -0.2) is 8.42 Å². The number of rotatable bonds is 12. The summed E-state index contributed by atoms with van der Waals surface area (Å²) in [7, 11) is -4.15. The molecule has 0 bridgehead atoms. The maximum absolute atomic E-state index is 14.0. The van der Waals surface area contributed by atoms with Crippen molar-refractivity contribution in [1.29, 1.82) is 0 Å². The summed E-state index contributed by atoms with van der Waals surface area (Å²) < 4.78 is 28.6. The van der Waals surface area contributed by atoms with Crippen molar-refractivity contribution in [3.63, 3.8) is 0 Å². The Morgan fingerprint density at radius 1 is 0.868 bits per heavy atom. The Balaban J connectivity index is 2.04. The number of carbonyl (C=O) groups is 2. The highest BCUT2D eigenvalue weighted by molar-refractivity contribution is 7.92. The monoisotopic (exact) mass is 555 g/mol. The van der Waals surface area contributed by atoms with Crippen LogP contribution in [0, 0.1) is 0 Å². The van der Waals surface area contributed by atoms with E-state index in [-0.39, 0.29) is 34.1 Å². The Kier molecular flexibility index (Phi) is 10.3. The predicted octanol–water partition coefficient (Wildman–Crippen LogP) is 5.26. The van der Waals surface area contributed by atoms with Crippen molar-refractivity contribution in [2.24, 2.45) is 0 Å². The van der Waals surface area contributed by atoms with Crippen molar-refractivity contribution in [3.05, 3.63) is 95.5 Å². The summed E-state index contributed by atoms with van der Waals surface area (Å²) >= 11 is 6.42. The molecular formula is C29H34ClN3O4S. The number of amides is 2. The average Bonchev–Trinajstić information content (AvgIpc) is 2.92. The van der Waals surface area contributed by atoms with Gasteiger partial charge in [0.25, 0.3) is 10.0 Å². The Labute approximate surface area is 230 Å². The lowest BCUT2D eigenvalue weighted by Crippen LogP contribution is -2.53. The fourth-order valence-electron chi connectivity index (χ4n) is 4.03. The molecule has 0 unspecified atom stereocenters. The number of halogens is 1. The van der Waals surface area contributed by atoms with E-state index in [0.717, 1.165) is 16.3 Å². The molecule has 2 amide bonds. The molecule has 1 N–H and O–H groups in total. The molecule has 3 aromatic carbocycles. The van der Waals surface area contributed by atoms with Crippen molar-refractivity contribution < 1.29 is 18.0 Å². The van der Waals surface area contributed by atoms with Crippen LogP contribution < -0.4 is 9.62 Å². The molecule has 0 aliphatic heterocycles. The number of para-hydroxylation sites is 1. The third kappa shape index (κ3) is 7.14. The Bertz CT molecular complexity index is 1320. The van der Waals surface area contributed by atoms with Crippen LogP contribution in [0.5, 0.6) is 0 Å². The van der Waals surface area contributed by atoms with Gasteiger partial charge in [0.15, 0.2) is 0 Å². The van der Waals surface area contributed by atoms with E-state index >= 15 is 0 Å². The second-order valence-electron chi connectivity index (χ2n) is 9.03. The van der Waals surface area contributed by atoms with Crippen molar-refractivity contribution in [2.75, 3.05) is 10.8 Å². The van der Waals surface area contributed by atoms with Gasteiger partial charge in [0.1, 0.15) is 12.6 Å². The Hall–Kier alpha value is -3.36. The summed E-state index contributed by atoms with van der Waals surface area (Å²) in [6, 6.07) is 22.8. The fourth-order valence-corrected chi connectivity index (χ4v) is 5.77. The largest absolute Gasteiger partial charge is 0.352 e. The number of sulfonamides is 1. The van der Waals surface area contributed by atoms with Crippen LogP contribution in [-0.2, 0) is 26.2 Å². The number of anilines is 1. The molecule has 38 heavy (non-hydrogen) atoms. The first-order valence-electron chi connectivity index (χ1n) is 12.6. The van der Waals surface area contributed by atoms with E-state index in [0.29, 0.717) is 6.42 Å². The predicted molar refractivity (Wildman–Crippen MR) is 151 cm³/mol. The number of nitrogens with zero attached hydrogens (tertiary/aromatic N) is 2. The summed E-state index contributed by atoms with van der Waals surface area (Å²) in [5.74, 6) is -0.791. The number of hydrogen-bond donors (Lipinski definition) is 1. The van der Waals surface area contributed by atoms with Crippen LogP contribution in [0.4, 0.5) is 5.69 Å². The van der Waals surface area contributed by atoms with E-state index in [1.165, 1.54) is 17.0 Å². The highest BCUT2D eigenvalue weighted by atomic mass is 35.5. The van der Waals surface area contributed by atoms with Crippen LogP contribution in [0.15, 0.2) is 89.8 Å². The minimum Gasteiger partial charge on any atom is -0.352 e. The van der Waals surface area contributed by atoms with Gasteiger partial charge in [-0.15, -0.1) is 0 Å². The van der Waals surface area contributed by atoms with E-state index in [9.17, 15) is 18.0 Å². The first kappa shape index (κ1) is 29.2. The zero-order valence-electron chi connectivity index (χ0n) is 21.9. The van der Waals surface area contributed by atoms with Crippen molar-refractivity contribution in [2.45, 2.75) is 57.1 Å². The minimum absolute atomic E-state index is 0.0314. The van der Waals surface area contributed by atoms with Gasteiger partial charge in [-0.3, -0.25) is 13.9 Å². The molecule has 7 nitrogen and oxygen atoms in total. The topological polar surface area (TPSA) is 86.8 Å². The van der Waals surface area contributed by atoms with E-state index in [1.807, 2.05) is 51.1 Å². The molecule has 9 heteroatoms. The molecule has 202 valence electrons. The fraction of sp³-hybridized carbons (Fsp3) is 0.310. The van der Waals surface area contributed by atoms with Gasteiger partial charge >= 0.3 is 0 Å². The third-order valence-electron chi connectivity index (χ3n) is 6.31. The molecule has 3 rings (SSSR count). The molecule has 0 aliphatic rings. The number of carbonyl (C=O) groups excluding carboxylic acids is 2. The van der Waals surface area contributed by atoms with Crippen molar-refractivity contribution in [1.82, 2.24) is 10.2 Å². The van der Waals surface area contributed by atoms with E-state index in [1.54, 1.807) is 42.5 Å². The second-order valence-corrected chi connectivity index (χ2v) is 11.3. The van der Waals surface area contributed by atoms with Crippen LogP contribution in [0.3, 0.4) is 0 Å². The van der Waals surface area contributed by atoms with Gasteiger partial charge < -0.3 is 10.2 Å². The zero-order valence-corrected chi connectivity index (χ0v) is 23.5. The molecule has 0 heterocycles. The molecule has 0 saturated carbocycles. The van der Waals surface area contributed by atoms with Crippen molar-refractivity contribution in [3.8, 4) is 0 Å². The molecule has 0 spiro atoms. The number of hydrogen-bond acceptors (Lipinski definition) is 4. The second kappa shape index (κ2) is 13.4. The first-order chi connectivity index (χ1) is 18.2. The van der Waals surface area contributed by atoms with Crippen LogP contribution in [0.2, 0.25) is 5.02 Å². The van der Waals surface area contributed by atoms with Gasteiger partial charge in [-0.2, -0.15) is 0 Å². The molecule has 3 aromatic rings. The smallest absolute Gasteiger partial charge is 0.264 e. The molecule has 2 atom stereocenters. The van der Waals surface area contributed by atoms with E-state index < -0.39 is 28.5 Å². The SMILES string of the molecule is CC[C@H](C(=O)N[C@@H](C)CC)N(Cc1ccccc1)C(=O)CN(c1ccccc1Cl)S(=O)(=O)c1ccccc1. The van der Waals surface area contributed by atoms with Gasteiger partial charge in [0.2, 0.25) is 11.8 Å². The van der Waals surface area contributed by atoms with Crippen LogP contribution in [0.1, 0.15) is 39.2 Å². The minimum atomic E-state index is -4.15. The summed E-state index contributed by atoms with van der Waals surface area (Å²) in [4.78, 5) is 28.7. The standard InChI is InChI=1S/C29H34ClN3O4S/c1-4-22(3)31-29(35)26(5-2)32(20-23-14-8-6-9-15-23)28(34)21-33(27-19-13-12-18-25(27)30)38(36,37)24-16-10-7-11-17-24/h6-19,22,26H,4-5,20-21H2,1-3H3,(H,31,35)/t22-,26+/m0/s1. The first-order valence-corrected chi connectivity index (χ1v) is 14.5. The lowest BCUT2D eigenvalue weighted by molar-refractivity contribution is -0.140. The van der Waals surface area contributed by atoms with Crippen LogP contribution in [0.25, 0.3) is 0 Å². The third-order valence-corrected chi connectivity index (χ3v) is 8.41. The molecular weight excluding hydrogens is 522 g/mol. The summed E-state index contributed by atoms with van der Waals surface area (Å²) in [6.07, 6.45) is 1.10. The van der Waals surface area contributed by atoms with Crippen LogP contribution in [-0.4, -0.2) is 43.8 Å². The lowest BCUT2D eigenvalue weighted by atomic mass is 10.1. The number of nitrogens with one attached hydrogen (secondary N) is 1. The average molecular weight is 556 g/mol. The van der Waals surface area contributed by atoms with E-state index in [2.05, 4.69) is 5.32 Å². The van der Waals surface area contributed by atoms with Gasteiger partial charge in [-0.1, -0.05) is 86.1 Å². The Morgan fingerprint density at radius 2 is 1.45 bits per heavy atom. The molecule has 0 saturated heterocycles. The molecule has 0 radical (unpaired) electrons. The number of benzene rings is 3. The van der Waals surface area contributed by atoms with Gasteiger partial charge in [-0.05, 0) is 49.6 Å². The maximum Gasteiger partial charge on any atom is 0.264 e. The van der Waals surface area contributed by atoms with E-state index in [4.69, 9.17) is 11.6 Å². The lowest BCUT2D eigenvalue weighted by Gasteiger charge is -2.34. The summed E-state index contributed by atoms with van der Waals surface area (Å²) in [5.41, 5.74) is 1.01. The quantitative estimate of drug-likeness (QED) is 0.330.